The average Bonchev–Trinajstić information content (AvgIpc) is 3.79. The van der Waals surface area contributed by atoms with Crippen LogP contribution in [0.25, 0.3) is 11.9 Å². The number of aromatic amines is 2. The molecule has 6 heterocycles. The number of carbonyl (C=O) groups is 2. The van der Waals surface area contributed by atoms with E-state index in [2.05, 4.69) is 40.8 Å². The van der Waals surface area contributed by atoms with Gasteiger partial charge in [0.25, 0.3) is 22.9 Å². The van der Waals surface area contributed by atoms with E-state index in [4.69, 9.17) is 4.42 Å². The van der Waals surface area contributed by atoms with Gasteiger partial charge in [0, 0.05) is 30.0 Å². The number of nitrogens with zero attached hydrogens (tertiary/aromatic N) is 6. The van der Waals surface area contributed by atoms with Gasteiger partial charge in [0.2, 0.25) is 11.9 Å². The van der Waals surface area contributed by atoms with Crippen LogP contribution in [0.4, 0.5) is 11.6 Å². The van der Waals surface area contributed by atoms with E-state index < -0.39 is 11.5 Å². The van der Waals surface area contributed by atoms with E-state index in [-0.39, 0.29) is 34.9 Å². The molecule has 0 unspecified atom stereocenters. The first-order chi connectivity index (χ1) is 21.2. The maximum Gasteiger partial charge on any atom is 0.292 e. The molecule has 16 heteroatoms. The smallest absolute Gasteiger partial charge is 0.292 e. The topological polar surface area (TPSA) is 198 Å². The lowest BCUT2D eigenvalue weighted by Crippen LogP contribution is -2.19. The Labute approximate surface area is 251 Å². The van der Waals surface area contributed by atoms with Crippen LogP contribution in [-0.4, -0.2) is 51.3 Å². The van der Waals surface area contributed by atoms with Crippen LogP contribution in [-0.2, 0) is 12.8 Å². The molecule has 44 heavy (non-hydrogen) atoms. The number of aryl methyl sites for hydroxylation is 4. The third-order valence-corrected chi connectivity index (χ3v) is 7.11. The number of hydrogen-bond donors (Lipinski definition) is 4. The molecule has 6 rings (SSSR count). The van der Waals surface area contributed by atoms with Gasteiger partial charge in [-0.25, -0.2) is 9.97 Å². The standard InChI is InChI=1S/C28H24N10O5S/c1-15-12-23(39)33-27(29-15)38-22(32-26(42)20-6-4-10-44-20)13-18(36-38)8-7-17-14-24(40)34-28(30-17)37-21(11-16(2)35-37)31-25(41)19-5-3-9-43-19/h3-6,9-14H,7-8H2,1-2H3,(H,31,41)(H,32,42)(H,29,33,39)(H,30,34,40). The third-order valence-electron chi connectivity index (χ3n) is 6.24. The molecule has 0 spiro atoms. The number of nitrogens with one attached hydrogen (secondary N) is 4. The normalized spacial score (nSPS) is 11.0. The van der Waals surface area contributed by atoms with Crippen LogP contribution in [0.5, 0.6) is 0 Å². The number of anilines is 2. The zero-order valence-electron chi connectivity index (χ0n) is 23.3. The van der Waals surface area contributed by atoms with Gasteiger partial charge >= 0.3 is 0 Å². The molecule has 6 aromatic heterocycles. The van der Waals surface area contributed by atoms with E-state index in [1.165, 1.54) is 45.2 Å². The number of aromatic nitrogens is 8. The van der Waals surface area contributed by atoms with E-state index in [1.54, 1.807) is 49.6 Å². The van der Waals surface area contributed by atoms with E-state index in [0.29, 0.717) is 46.3 Å². The van der Waals surface area contributed by atoms with E-state index in [0.717, 1.165) is 0 Å². The summed E-state index contributed by atoms with van der Waals surface area (Å²) in [5, 5.41) is 16.3. The van der Waals surface area contributed by atoms with Crippen molar-refractivity contribution in [3.63, 3.8) is 0 Å². The lowest BCUT2D eigenvalue weighted by Gasteiger charge is -2.08. The maximum atomic E-state index is 12.8. The molecule has 0 bridgehead atoms. The Hall–Kier alpha value is -5.90. The van der Waals surface area contributed by atoms with Crippen molar-refractivity contribution in [2.24, 2.45) is 0 Å². The number of thiophene rings is 1. The van der Waals surface area contributed by atoms with Crippen molar-refractivity contribution in [2.75, 3.05) is 10.6 Å². The average molecular weight is 613 g/mol. The summed E-state index contributed by atoms with van der Waals surface area (Å²) in [6, 6.07) is 12.6. The summed E-state index contributed by atoms with van der Waals surface area (Å²) in [5.41, 5.74) is 1.25. The molecule has 0 aliphatic carbocycles. The van der Waals surface area contributed by atoms with Crippen molar-refractivity contribution in [1.29, 1.82) is 0 Å². The molecule has 0 atom stereocenters. The zero-order chi connectivity index (χ0) is 30.8. The van der Waals surface area contributed by atoms with Crippen LogP contribution in [0.15, 0.2) is 74.2 Å². The van der Waals surface area contributed by atoms with Gasteiger partial charge in [-0.1, -0.05) is 6.07 Å². The molecular formula is C28H24N10O5S. The van der Waals surface area contributed by atoms with Crippen LogP contribution in [0.1, 0.15) is 43.0 Å². The lowest BCUT2D eigenvalue weighted by atomic mass is 10.2. The van der Waals surface area contributed by atoms with Crippen molar-refractivity contribution >= 4 is 34.8 Å². The highest BCUT2D eigenvalue weighted by Gasteiger charge is 2.18. The first-order valence-corrected chi connectivity index (χ1v) is 14.1. The summed E-state index contributed by atoms with van der Waals surface area (Å²) >= 11 is 1.29. The van der Waals surface area contributed by atoms with E-state index in [9.17, 15) is 19.2 Å². The number of furan rings is 1. The summed E-state index contributed by atoms with van der Waals surface area (Å²) in [5.74, 6) is 0.110. The minimum Gasteiger partial charge on any atom is -0.459 e. The molecule has 4 N–H and O–H groups in total. The van der Waals surface area contributed by atoms with E-state index >= 15 is 0 Å². The lowest BCUT2D eigenvalue weighted by molar-refractivity contribution is 0.0994. The summed E-state index contributed by atoms with van der Waals surface area (Å²) in [6.07, 6.45) is 2.00. The van der Waals surface area contributed by atoms with Gasteiger partial charge in [0.05, 0.1) is 28.2 Å². The first kappa shape index (κ1) is 28.2. The molecule has 222 valence electrons. The van der Waals surface area contributed by atoms with Crippen LogP contribution in [0.2, 0.25) is 0 Å². The van der Waals surface area contributed by atoms with Crippen LogP contribution >= 0.6 is 11.3 Å². The summed E-state index contributed by atoms with van der Waals surface area (Å²) in [6.45, 7) is 3.42. The Morgan fingerprint density at radius 3 is 2.25 bits per heavy atom. The molecule has 0 fully saturated rings. The fraction of sp³-hybridized carbons (Fsp3) is 0.143. The summed E-state index contributed by atoms with van der Waals surface area (Å²) in [7, 11) is 0. The van der Waals surface area contributed by atoms with Crippen molar-refractivity contribution < 1.29 is 14.0 Å². The minimum atomic E-state index is -0.489. The molecule has 2 amide bonds. The van der Waals surface area contributed by atoms with Gasteiger partial charge in [-0.2, -0.15) is 19.6 Å². The zero-order valence-corrected chi connectivity index (χ0v) is 24.1. The molecule has 6 aromatic rings. The highest BCUT2D eigenvalue weighted by Crippen LogP contribution is 2.20. The van der Waals surface area contributed by atoms with Crippen molar-refractivity contribution in [2.45, 2.75) is 26.7 Å². The number of hydrogen-bond acceptors (Lipinski definition) is 10. The van der Waals surface area contributed by atoms with Crippen LogP contribution in [0, 0.1) is 13.8 Å². The molecule has 0 saturated carbocycles. The van der Waals surface area contributed by atoms with Crippen molar-refractivity contribution in [3.8, 4) is 11.9 Å². The van der Waals surface area contributed by atoms with Gasteiger partial charge in [0.1, 0.15) is 11.6 Å². The molecule has 15 nitrogen and oxygen atoms in total. The van der Waals surface area contributed by atoms with Crippen LogP contribution in [0.3, 0.4) is 0 Å². The highest BCUT2D eigenvalue weighted by molar-refractivity contribution is 7.12. The second kappa shape index (κ2) is 11.8. The molecule has 0 aliphatic rings. The Bertz CT molecular complexity index is 2090. The first-order valence-electron chi connectivity index (χ1n) is 13.3. The van der Waals surface area contributed by atoms with Gasteiger partial charge in [-0.15, -0.1) is 11.3 Å². The van der Waals surface area contributed by atoms with Gasteiger partial charge in [-0.05, 0) is 50.3 Å². The van der Waals surface area contributed by atoms with Crippen molar-refractivity contribution in [3.05, 3.63) is 114 Å². The highest BCUT2D eigenvalue weighted by atomic mass is 32.1. The Kier molecular flexibility index (Phi) is 7.55. The molecule has 0 radical (unpaired) electrons. The Morgan fingerprint density at radius 2 is 1.52 bits per heavy atom. The fourth-order valence-corrected chi connectivity index (χ4v) is 4.99. The molecule has 0 aliphatic heterocycles. The summed E-state index contributed by atoms with van der Waals surface area (Å²) in [4.78, 5) is 64.9. The number of H-pyrrole nitrogens is 2. The third kappa shape index (κ3) is 6.14. The van der Waals surface area contributed by atoms with Crippen LogP contribution < -0.4 is 21.8 Å². The van der Waals surface area contributed by atoms with Gasteiger partial charge in [0.15, 0.2) is 5.76 Å². The number of rotatable bonds is 9. The molecule has 0 saturated heterocycles. The Morgan fingerprint density at radius 1 is 0.818 bits per heavy atom. The second-order valence-corrected chi connectivity index (χ2v) is 10.6. The quantitative estimate of drug-likeness (QED) is 0.190. The van der Waals surface area contributed by atoms with E-state index in [1.807, 2.05) is 0 Å². The number of amides is 2. The predicted molar refractivity (Wildman–Crippen MR) is 160 cm³/mol. The molecular weight excluding hydrogens is 588 g/mol. The maximum absolute atomic E-state index is 12.8. The van der Waals surface area contributed by atoms with Gasteiger partial charge < -0.3 is 15.1 Å². The van der Waals surface area contributed by atoms with Gasteiger partial charge in [-0.3, -0.25) is 29.1 Å². The minimum absolute atomic E-state index is 0.103. The largest absolute Gasteiger partial charge is 0.459 e. The second-order valence-electron chi connectivity index (χ2n) is 9.65. The SMILES string of the molecule is Cc1cc(=O)[nH]c(-n2nc(CCc3cc(=O)[nH]c(-n4nc(C)cc4NC(=O)c4ccco4)n3)cc2NC(=O)c2cccs2)n1. The summed E-state index contributed by atoms with van der Waals surface area (Å²) < 4.78 is 7.84. The molecule has 0 aromatic carbocycles. The fourth-order valence-electron chi connectivity index (χ4n) is 4.37. The monoisotopic (exact) mass is 612 g/mol. The number of carbonyl (C=O) groups excluding carboxylic acids is 2. The predicted octanol–water partition coefficient (Wildman–Crippen LogP) is 2.79. The van der Waals surface area contributed by atoms with Crippen molar-refractivity contribution in [1.82, 2.24) is 39.5 Å². The Balaban J connectivity index is 1.27.